The third kappa shape index (κ3) is 2.67. The van der Waals surface area contributed by atoms with Gasteiger partial charge in [-0.15, -0.1) is 11.3 Å². The first kappa shape index (κ1) is 10.4. The number of nitrogens with zero attached hydrogens (tertiary/aromatic N) is 1. The summed E-state index contributed by atoms with van der Waals surface area (Å²) < 4.78 is 4.99. The Hall–Kier alpha value is -1.13. The molecule has 0 radical (unpaired) electrons. The molecule has 0 unspecified atom stereocenters. The zero-order valence-corrected chi connectivity index (χ0v) is 9.73. The monoisotopic (exact) mass is 222 g/mol. The highest BCUT2D eigenvalue weighted by Gasteiger charge is 2.03. The maximum absolute atomic E-state index is 4.99. The maximum atomic E-state index is 4.99. The van der Waals surface area contributed by atoms with Crippen LogP contribution in [0.15, 0.2) is 23.0 Å². The van der Waals surface area contributed by atoms with Crippen molar-refractivity contribution in [2.75, 3.05) is 0 Å². The highest BCUT2D eigenvalue weighted by molar-refractivity contribution is 7.11. The Labute approximate surface area is 93.2 Å². The Bertz CT molecular complexity index is 420. The Morgan fingerprint density at radius 3 is 2.87 bits per heavy atom. The molecule has 1 N–H and O–H groups in total. The van der Waals surface area contributed by atoms with Crippen molar-refractivity contribution in [2.24, 2.45) is 0 Å². The second kappa shape index (κ2) is 4.59. The van der Waals surface area contributed by atoms with Gasteiger partial charge in [0, 0.05) is 23.5 Å². The van der Waals surface area contributed by atoms with Crippen LogP contribution in [0.4, 0.5) is 0 Å². The molecule has 2 aromatic rings. The fraction of sp³-hybridized carbons (Fsp3) is 0.364. The van der Waals surface area contributed by atoms with E-state index in [1.54, 1.807) is 23.9 Å². The zero-order valence-electron chi connectivity index (χ0n) is 8.91. The molecule has 2 aromatic heterocycles. The first-order valence-corrected chi connectivity index (χ1v) is 5.72. The number of hydrogen-bond donors (Lipinski definition) is 1. The molecule has 0 spiro atoms. The Morgan fingerprint density at radius 2 is 2.27 bits per heavy atom. The number of rotatable bonds is 4. The van der Waals surface area contributed by atoms with Gasteiger partial charge >= 0.3 is 0 Å². The van der Waals surface area contributed by atoms with E-state index in [1.807, 2.05) is 13.0 Å². The summed E-state index contributed by atoms with van der Waals surface area (Å²) in [6, 6.07) is 1.96. The van der Waals surface area contributed by atoms with Crippen LogP contribution in [0.5, 0.6) is 0 Å². The second-order valence-electron chi connectivity index (χ2n) is 3.47. The first-order chi connectivity index (χ1) is 7.25. The number of aryl methyl sites for hydroxylation is 2. The minimum absolute atomic E-state index is 0.821. The van der Waals surface area contributed by atoms with Gasteiger partial charge in [-0.05, 0) is 19.9 Å². The summed E-state index contributed by atoms with van der Waals surface area (Å²) in [6.45, 7) is 5.80. The minimum atomic E-state index is 0.821. The average molecular weight is 222 g/mol. The predicted octanol–water partition coefficient (Wildman–Crippen LogP) is 2.64. The van der Waals surface area contributed by atoms with Crippen molar-refractivity contribution >= 4 is 11.3 Å². The molecule has 0 aliphatic carbocycles. The highest BCUT2D eigenvalue weighted by atomic mass is 32.1. The lowest BCUT2D eigenvalue weighted by Gasteiger charge is -2.00. The van der Waals surface area contributed by atoms with E-state index in [4.69, 9.17) is 4.42 Å². The lowest BCUT2D eigenvalue weighted by Crippen LogP contribution is -2.13. The second-order valence-corrected chi connectivity index (χ2v) is 4.88. The standard InChI is InChI=1S/C11H14N2OS/c1-8-11(13-9(2)15-8)6-12-5-10-3-4-14-7-10/h3-4,7,12H,5-6H2,1-2H3. The number of nitrogens with one attached hydrogen (secondary N) is 1. The lowest BCUT2D eigenvalue weighted by molar-refractivity contribution is 0.560. The molecule has 2 rings (SSSR count). The van der Waals surface area contributed by atoms with Gasteiger partial charge in [-0.1, -0.05) is 0 Å². The van der Waals surface area contributed by atoms with Gasteiger partial charge in [0.05, 0.1) is 23.2 Å². The first-order valence-electron chi connectivity index (χ1n) is 4.90. The molecule has 4 heteroatoms. The van der Waals surface area contributed by atoms with Crippen LogP contribution in [-0.2, 0) is 13.1 Å². The Morgan fingerprint density at radius 1 is 1.40 bits per heavy atom. The van der Waals surface area contributed by atoms with E-state index < -0.39 is 0 Å². The third-order valence-corrected chi connectivity index (χ3v) is 3.13. The molecule has 15 heavy (non-hydrogen) atoms. The van der Waals surface area contributed by atoms with E-state index in [2.05, 4.69) is 17.2 Å². The molecule has 3 nitrogen and oxygen atoms in total. The molecule has 0 aliphatic rings. The van der Waals surface area contributed by atoms with Crippen LogP contribution in [-0.4, -0.2) is 4.98 Å². The normalized spacial score (nSPS) is 10.8. The van der Waals surface area contributed by atoms with Crippen LogP contribution >= 0.6 is 11.3 Å². The average Bonchev–Trinajstić information content (AvgIpc) is 2.77. The van der Waals surface area contributed by atoms with Gasteiger partial charge in [-0.25, -0.2) is 4.98 Å². The molecule has 80 valence electrons. The van der Waals surface area contributed by atoms with Gasteiger partial charge in [0.15, 0.2) is 0 Å². The third-order valence-electron chi connectivity index (χ3n) is 2.20. The maximum Gasteiger partial charge on any atom is 0.0947 e. The molecule has 2 heterocycles. The number of aromatic nitrogens is 1. The molecule has 0 bridgehead atoms. The van der Waals surface area contributed by atoms with E-state index in [0.29, 0.717) is 0 Å². The quantitative estimate of drug-likeness (QED) is 0.864. The van der Waals surface area contributed by atoms with Crippen molar-refractivity contribution in [2.45, 2.75) is 26.9 Å². The smallest absolute Gasteiger partial charge is 0.0947 e. The van der Waals surface area contributed by atoms with Crippen molar-refractivity contribution in [3.63, 3.8) is 0 Å². The molecule has 0 amide bonds. The van der Waals surface area contributed by atoms with Gasteiger partial charge in [-0.3, -0.25) is 0 Å². The highest BCUT2D eigenvalue weighted by Crippen LogP contribution is 2.16. The predicted molar refractivity (Wildman–Crippen MR) is 60.8 cm³/mol. The summed E-state index contributed by atoms with van der Waals surface area (Å²) in [5.41, 5.74) is 2.32. The van der Waals surface area contributed by atoms with Crippen molar-refractivity contribution in [3.05, 3.63) is 39.7 Å². The molecule has 0 aliphatic heterocycles. The van der Waals surface area contributed by atoms with E-state index in [9.17, 15) is 0 Å². The molecule has 0 atom stereocenters. The van der Waals surface area contributed by atoms with Gasteiger partial charge < -0.3 is 9.73 Å². The van der Waals surface area contributed by atoms with Crippen molar-refractivity contribution in [1.29, 1.82) is 0 Å². The summed E-state index contributed by atoms with van der Waals surface area (Å²) in [5.74, 6) is 0. The van der Waals surface area contributed by atoms with Crippen molar-refractivity contribution in [3.8, 4) is 0 Å². The van der Waals surface area contributed by atoms with Gasteiger partial charge in [0.2, 0.25) is 0 Å². The van der Waals surface area contributed by atoms with Crippen LogP contribution in [0, 0.1) is 13.8 Å². The Kier molecular flexibility index (Phi) is 3.18. The summed E-state index contributed by atoms with van der Waals surface area (Å²) >= 11 is 1.75. The fourth-order valence-corrected chi connectivity index (χ4v) is 2.29. The van der Waals surface area contributed by atoms with Crippen LogP contribution in [0.2, 0.25) is 0 Å². The van der Waals surface area contributed by atoms with Gasteiger partial charge in [0.25, 0.3) is 0 Å². The molecule has 0 aromatic carbocycles. The largest absolute Gasteiger partial charge is 0.472 e. The number of thiazole rings is 1. The van der Waals surface area contributed by atoms with E-state index in [0.717, 1.165) is 23.8 Å². The van der Waals surface area contributed by atoms with E-state index >= 15 is 0 Å². The summed E-state index contributed by atoms with van der Waals surface area (Å²) in [6.07, 6.45) is 3.45. The number of hydrogen-bond acceptors (Lipinski definition) is 4. The van der Waals surface area contributed by atoms with Crippen molar-refractivity contribution in [1.82, 2.24) is 10.3 Å². The van der Waals surface area contributed by atoms with E-state index in [-0.39, 0.29) is 0 Å². The SMILES string of the molecule is Cc1nc(CNCc2ccoc2)c(C)s1. The van der Waals surface area contributed by atoms with Crippen LogP contribution in [0.3, 0.4) is 0 Å². The topological polar surface area (TPSA) is 38.1 Å². The minimum Gasteiger partial charge on any atom is -0.472 e. The Balaban J connectivity index is 1.86. The van der Waals surface area contributed by atoms with Crippen LogP contribution in [0.25, 0.3) is 0 Å². The fourth-order valence-electron chi connectivity index (χ4n) is 1.45. The van der Waals surface area contributed by atoms with Crippen LogP contribution in [0.1, 0.15) is 21.1 Å². The van der Waals surface area contributed by atoms with Gasteiger partial charge in [-0.2, -0.15) is 0 Å². The zero-order chi connectivity index (χ0) is 10.7. The summed E-state index contributed by atoms with van der Waals surface area (Å²) in [5, 5.41) is 4.47. The lowest BCUT2D eigenvalue weighted by atomic mass is 10.3. The molecule has 0 saturated heterocycles. The van der Waals surface area contributed by atoms with Crippen LogP contribution < -0.4 is 5.32 Å². The summed E-state index contributed by atoms with van der Waals surface area (Å²) in [7, 11) is 0. The molecular weight excluding hydrogens is 208 g/mol. The molecule has 0 saturated carbocycles. The van der Waals surface area contributed by atoms with Gasteiger partial charge in [0.1, 0.15) is 0 Å². The number of furan rings is 1. The summed E-state index contributed by atoms with van der Waals surface area (Å²) in [4.78, 5) is 5.76. The van der Waals surface area contributed by atoms with Crippen molar-refractivity contribution < 1.29 is 4.42 Å². The molecule has 0 fully saturated rings. The molecular formula is C11H14N2OS. The van der Waals surface area contributed by atoms with E-state index in [1.165, 1.54) is 10.4 Å².